The molecule has 0 saturated carbocycles. The number of carbonyl (C=O) groups excluding carboxylic acids is 3. The van der Waals surface area contributed by atoms with Gasteiger partial charge in [0.1, 0.15) is 6.04 Å². The molecule has 3 rings (SSSR count). The Hall–Kier alpha value is -3.15. The number of rotatable bonds is 5. The molecule has 1 unspecified atom stereocenters. The molecular weight excluding hydrogens is 342 g/mol. The van der Waals surface area contributed by atoms with Crippen LogP contribution in [0.3, 0.4) is 0 Å². The van der Waals surface area contributed by atoms with Gasteiger partial charge in [0.05, 0.1) is 13.0 Å². The monoisotopic (exact) mass is 365 g/mol. The van der Waals surface area contributed by atoms with Crippen molar-refractivity contribution in [1.29, 1.82) is 0 Å². The van der Waals surface area contributed by atoms with Crippen LogP contribution in [0.25, 0.3) is 0 Å². The fraction of sp³-hybridized carbons (Fsp3) is 0.286. The lowest BCUT2D eigenvalue weighted by molar-refractivity contribution is -0.145. The van der Waals surface area contributed by atoms with Crippen LogP contribution in [-0.4, -0.2) is 35.2 Å². The Morgan fingerprint density at radius 3 is 2.63 bits per heavy atom. The van der Waals surface area contributed by atoms with E-state index in [9.17, 15) is 14.4 Å². The fourth-order valence-electron chi connectivity index (χ4n) is 3.11. The van der Waals surface area contributed by atoms with E-state index < -0.39 is 6.04 Å². The van der Waals surface area contributed by atoms with Crippen molar-refractivity contribution in [2.24, 2.45) is 0 Å². The molecule has 0 bridgehead atoms. The van der Waals surface area contributed by atoms with Crippen LogP contribution in [0, 0.1) is 13.8 Å². The van der Waals surface area contributed by atoms with Gasteiger partial charge in [0.25, 0.3) is 0 Å². The zero-order valence-corrected chi connectivity index (χ0v) is 15.5. The molecule has 2 N–H and O–H groups in total. The van der Waals surface area contributed by atoms with E-state index >= 15 is 0 Å². The summed E-state index contributed by atoms with van der Waals surface area (Å²) < 4.78 is 0. The molecule has 1 atom stereocenters. The largest absolute Gasteiger partial charge is 0.342 e. The summed E-state index contributed by atoms with van der Waals surface area (Å²) >= 11 is 0. The van der Waals surface area contributed by atoms with Crippen LogP contribution in [0.5, 0.6) is 0 Å². The van der Waals surface area contributed by atoms with E-state index in [1.54, 1.807) is 0 Å². The van der Waals surface area contributed by atoms with Gasteiger partial charge < -0.3 is 15.5 Å². The summed E-state index contributed by atoms with van der Waals surface area (Å²) in [5.74, 6) is -0.798. The van der Waals surface area contributed by atoms with Crippen molar-refractivity contribution in [3.8, 4) is 0 Å². The van der Waals surface area contributed by atoms with Gasteiger partial charge in [-0.2, -0.15) is 0 Å². The van der Waals surface area contributed by atoms with Gasteiger partial charge in [-0.15, -0.1) is 0 Å². The molecule has 2 aromatic rings. The molecule has 1 aliphatic rings. The number of anilines is 1. The van der Waals surface area contributed by atoms with Crippen molar-refractivity contribution in [3.63, 3.8) is 0 Å². The lowest BCUT2D eigenvalue weighted by Gasteiger charge is -2.32. The molecule has 6 nitrogen and oxygen atoms in total. The Morgan fingerprint density at radius 1 is 1.15 bits per heavy atom. The molecule has 1 fully saturated rings. The third-order valence-electron chi connectivity index (χ3n) is 4.55. The van der Waals surface area contributed by atoms with Crippen LogP contribution in [0.2, 0.25) is 0 Å². The van der Waals surface area contributed by atoms with Gasteiger partial charge in [-0.25, -0.2) is 0 Å². The first kappa shape index (κ1) is 18.6. The first-order chi connectivity index (χ1) is 12.9. The van der Waals surface area contributed by atoms with Crippen LogP contribution in [0.4, 0.5) is 5.69 Å². The van der Waals surface area contributed by atoms with E-state index in [4.69, 9.17) is 0 Å². The van der Waals surface area contributed by atoms with E-state index in [-0.39, 0.29) is 30.7 Å². The van der Waals surface area contributed by atoms with Crippen molar-refractivity contribution in [1.82, 2.24) is 10.2 Å². The summed E-state index contributed by atoms with van der Waals surface area (Å²) in [7, 11) is 0. The van der Waals surface area contributed by atoms with Crippen LogP contribution in [0.1, 0.15) is 23.1 Å². The number of amides is 3. The molecule has 140 valence electrons. The Labute approximate surface area is 158 Å². The molecule has 27 heavy (non-hydrogen) atoms. The van der Waals surface area contributed by atoms with Crippen molar-refractivity contribution < 1.29 is 14.4 Å². The van der Waals surface area contributed by atoms with Crippen LogP contribution in [-0.2, 0) is 20.9 Å². The van der Waals surface area contributed by atoms with Crippen molar-refractivity contribution >= 4 is 23.4 Å². The highest BCUT2D eigenvalue weighted by Gasteiger charge is 2.34. The molecular formula is C21H23N3O3. The summed E-state index contributed by atoms with van der Waals surface area (Å²) in [5, 5.41) is 5.47. The molecule has 0 aromatic heterocycles. The standard InChI is InChI=1S/C21H23N3O3/c1-14-8-9-15(2)17(10-14)22-19(25)11-18-21(27)24(13-20(26)23-18)12-16-6-4-3-5-7-16/h3-10,18H,11-13H2,1-2H3,(H,22,25)(H,23,26). The third-order valence-corrected chi connectivity index (χ3v) is 4.55. The van der Waals surface area contributed by atoms with Crippen LogP contribution in [0.15, 0.2) is 48.5 Å². The number of aryl methyl sites for hydroxylation is 2. The zero-order valence-electron chi connectivity index (χ0n) is 15.5. The molecule has 1 saturated heterocycles. The molecule has 0 radical (unpaired) electrons. The number of piperazine rings is 1. The molecule has 2 aromatic carbocycles. The first-order valence-electron chi connectivity index (χ1n) is 8.91. The number of nitrogens with one attached hydrogen (secondary N) is 2. The van der Waals surface area contributed by atoms with Gasteiger partial charge in [-0.3, -0.25) is 14.4 Å². The molecule has 6 heteroatoms. The van der Waals surface area contributed by atoms with Crippen molar-refractivity contribution in [2.75, 3.05) is 11.9 Å². The van der Waals surface area contributed by atoms with Gasteiger partial charge in [0.2, 0.25) is 17.7 Å². The predicted molar refractivity (Wildman–Crippen MR) is 103 cm³/mol. The Morgan fingerprint density at radius 2 is 1.89 bits per heavy atom. The highest BCUT2D eigenvalue weighted by molar-refractivity contribution is 6.00. The topological polar surface area (TPSA) is 78.5 Å². The maximum atomic E-state index is 12.7. The first-order valence-corrected chi connectivity index (χ1v) is 8.91. The van der Waals surface area contributed by atoms with Gasteiger partial charge >= 0.3 is 0 Å². The Balaban J connectivity index is 1.66. The molecule has 3 amide bonds. The minimum atomic E-state index is -0.847. The van der Waals surface area contributed by atoms with E-state index in [0.29, 0.717) is 6.54 Å². The number of nitrogens with zero attached hydrogens (tertiary/aromatic N) is 1. The van der Waals surface area contributed by atoms with Crippen LogP contribution >= 0.6 is 0 Å². The summed E-state index contributed by atoms with van der Waals surface area (Å²) in [5.41, 5.74) is 3.64. The van der Waals surface area contributed by atoms with Gasteiger partial charge in [0.15, 0.2) is 0 Å². The van der Waals surface area contributed by atoms with Gasteiger partial charge in [-0.1, -0.05) is 42.5 Å². The number of carbonyl (C=O) groups is 3. The average Bonchev–Trinajstić information content (AvgIpc) is 2.63. The molecule has 0 aliphatic carbocycles. The second-order valence-electron chi connectivity index (χ2n) is 6.87. The second-order valence-corrected chi connectivity index (χ2v) is 6.87. The SMILES string of the molecule is Cc1ccc(C)c(NC(=O)CC2NC(=O)CN(Cc3ccccc3)C2=O)c1. The summed E-state index contributed by atoms with van der Waals surface area (Å²) in [6.07, 6.45) is -0.0940. The van der Waals surface area contributed by atoms with E-state index in [1.807, 2.05) is 62.4 Å². The fourth-order valence-corrected chi connectivity index (χ4v) is 3.11. The summed E-state index contributed by atoms with van der Waals surface area (Å²) in [6.45, 7) is 4.21. The molecule has 1 heterocycles. The van der Waals surface area contributed by atoms with Crippen molar-refractivity contribution in [2.45, 2.75) is 32.9 Å². The van der Waals surface area contributed by atoms with Crippen molar-refractivity contribution in [3.05, 3.63) is 65.2 Å². The average molecular weight is 365 g/mol. The van der Waals surface area contributed by atoms with E-state index in [0.717, 1.165) is 22.4 Å². The van der Waals surface area contributed by atoms with E-state index in [2.05, 4.69) is 10.6 Å². The van der Waals surface area contributed by atoms with Crippen LogP contribution < -0.4 is 10.6 Å². The lowest BCUT2D eigenvalue weighted by atomic mass is 10.1. The maximum absolute atomic E-state index is 12.7. The maximum Gasteiger partial charge on any atom is 0.246 e. The number of hydrogen-bond acceptors (Lipinski definition) is 3. The zero-order chi connectivity index (χ0) is 19.4. The summed E-state index contributed by atoms with van der Waals surface area (Å²) in [6, 6.07) is 14.4. The minimum absolute atomic E-state index is 0.00281. The highest BCUT2D eigenvalue weighted by Crippen LogP contribution is 2.17. The van der Waals surface area contributed by atoms with Gasteiger partial charge in [-0.05, 0) is 36.6 Å². The van der Waals surface area contributed by atoms with E-state index in [1.165, 1.54) is 4.90 Å². The lowest BCUT2D eigenvalue weighted by Crippen LogP contribution is -2.58. The highest BCUT2D eigenvalue weighted by atomic mass is 16.2. The normalized spacial score (nSPS) is 16.8. The number of benzene rings is 2. The predicted octanol–water partition coefficient (Wildman–Crippen LogP) is 2.16. The molecule has 0 spiro atoms. The Bertz CT molecular complexity index is 864. The molecule has 1 aliphatic heterocycles. The Kier molecular flexibility index (Phi) is 5.54. The summed E-state index contributed by atoms with van der Waals surface area (Å²) in [4.78, 5) is 38.7. The van der Waals surface area contributed by atoms with Gasteiger partial charge in [0, 0.05) is 12.2 Å². The quantitative estimate of drug-likeness (QED) is 0.852. The smallest absolute Gasteiger partial charge is 0.246 e. The minimum Gasteiger partial charge on any atom is -0.342 e. The third kappa shape index (κ3) is 4.73. The second kappa shape index (κ2) is 8.03. The number of hydrogen-bond donors (Lipinski definition) is 2.